The molecule has 0 saturated carbocycles. The van der Waals surface area contributed by atoms with Gasteiger partial charge in [-0.2, -0.15) is 0 Å². The fourth-order valence-electron chi connectivity index (χ4n) is 2.35. The minimum Gasteiger partial charge on any atom is -0.381 e. The van der Waals surface area contributed by atoms with E-state index in [1.807, 2.05) is 30.3 Å². The summed E-state index contributed by atoms with van der Waals surface area (Å²) in [6.07, 6.45) is 4.22. The van der Waals surface area contributed by atoms with Crippen LogP contribution in [0.3, 0.4) is 0 Å². The van der Waals surface area contributed by atoms with E-state index in [2.05, 4.69) is 15.3 Å². The van der Waals surface area contributed by atoms with Gasteiger partial charge >= 0.3 is 0 Å². The van der Waals surface area contributed by atoms with Crippen molar-refractivity contribution in [1.82, 2.24) is 9.97 Å². The Balaban J connectivity index is 1.70. The molecule has 6 nitrogen and oxygen atoms in total. The summed E-state index contributed by atoms with van der Waals surface area (Å²) in [6.45, 7) is 1.01. The van der Waals surface area contributed by atoms with Crippen molar-refractivity contribution >= 4 is 11.6 Å². The summed E-state index contributed by atoms with van der Waals surface area (Å²) in [7, 11) is 0. The van der Waals surface area contributed by atoms with Crippen molar-refractivity contribution in [3.63, 3.8) is 0 Å². The third-order valence-electron chi connectivity index (χ3n) is 3.78. The number of carbonyl (C=O) groups is 1. The highest BCUT2D eigenvalue weighted by molar-refractivity contribution is 5.97. The zero-order chi connectivity index (χ0) is 15.4. The van der Waals surface area contributed by atoms with Crippen molar-refractivity contribution in [2.24, 2.45) is 5.73 Å². The molecule has 0 aliphatic carbocycles. The zero-order valence-corrected chi connectivity index (χ0v) is 12.2. The number of hydrogen-bond acceptors (Lipinski definition) is 5. The lowest BCUT2D eigenvalue weighted by Crippen LogP contribution is -2.54. The number of amides is 1. The predicted octanol–water partition coefficient (Wildman–Crippen LogP) is 1.59. The molecule has 0 radical (unpaired) electrons. The molecule has 2 aromatic rings. The number of benzene rings is 1. The number of carbonyl (C=O) groups excluding carboxylic acids is 1. The SMILES string of the molecule is NC1(C(=O)Nc2cnc(-c3ccccc3)nc2)CCOCC1. The topological polar surface area (TPSA) is 90.1 Å². The summed E-state index contributed by atoms with van der Waals surface area (Å²) >= 11 is 0. The lowest BCUT2D eigenvalue weighted by Gasteiger charge is -2.31. The van der Waals surface area contributed by atoms with E-state index in [0.29, 0.717) is 37.6 Å². The van der Waals surface area contributed by atoms with Gasteiger partial charge in [0, 0.05) is 18.8 Å². The van der Waals surface area contributed by atoms with E-state index in [9.17, 15) is 4.79 Å². The predicted molar refractivity (Wildman–Crippen MR) is 83.1 cm³/mol. The van der Waals surface area contributed by atoms with Gasteiger partial charge in [-0.3, -0.25) is 4.79 Å². The largest absolute Gasteiger partial charge is 0.381 e. The Morgan fingerprint density at radius 3 is 2.41 bits per heavy atom. The highest BCUT2D eigenvalue weighted by Crippen LogP contribution is 2.20. The normalized spacial score (nSPS) is 17.0. The van der Waals surface area contributed by atoms with Crippen LogP contribution in [0, 0.1) is 0 Å². The molecule has 1 aliphatic heterocycles. The lowest BCUT2D eigenvalue weighted by atomic mass is 9.90. The van der Waals surface area contributed by atoms with Crippen LogP contribution in [0.25, 0.3) is 11.4 Å². The summed E-state index contributed by atoms with van der Waals surface area (Å²) < 4.78 is 5.25. The number of hydrogen-bond donors (Lipinski definition) is 2. The molecule has 1 aliphatic rings. The first-order chi connectivity index (χ1) is 10.7. The van der Waals surface area contributed by atoms with Gasteiger partial charge in [-0.1, -0.05) is 30.3 Å². The van der Waals surface area contributed by atoms with Crippen LogP contribution in [0.5, 0.6) is 0 Å². The van der Waals surface area contributed by atoms with Gasteiger partial charge in [0.15, 0.2) is 5.82 Å². The van der Waals surface area contributed by atoms with E-state index in [1.165, 1.54) is 0 Å². The molecule has 0 atom stereocenters. The minimum absolute atomic E-state index is 0.216. The zero-order valence-electron chi connectivity index (χ0n) is 12.2. The summed E-state index contributed by atoms with van der Waals surface area (Å²) in [5.74, 6) is 0.402. The molecule has 1 saturated heterocycles. The first-order valence-electron chi connectivity index (χ1n) is 7.23. The summed E-state index contributed by atoms with van der Waals surface area (Å²) in [4.78, 5) is 20.9. The van der Waals surface area contributed by atoms with E-state index >= 15 is 0 Å². The first-order valence-corrected chi connectivity index (χ1v) is 7.23. The van der Waals surface area contributed by atoms with Crippen LogP contribution in [0.4, 0.5) is 5.69 Å². The first kappa shape index (κ1) is 14.6. The van der Waals surface area contributed by atoms with Crippen LogP contribution in [0.1, 0.15) is 12.8 Å². The number of anilines is 1. The quantitative estimate of drug-likeness (QED) is 0.898. The average molecular weight is 298 g/mol. The van der Waals surface area contributed by atoms with Crippen LogP contribution < -0.4 is 11.1 Å². The Morgan fingerprint density at radius 1 is 1.14 bits per heavy atom. The molecule has 1 amide bonds. The van der Waals surface area contributed by atoms with E-state index in [0.717, 1.165) is 5.56 Å². The fourth-order valence-corrected chi connectivity index (χ4v) is 2.35. The van der Waals surface area contributed by atoms with Crippen molar-refractivity contribution in [1.29, 1.82) is 0 Å². The van der Waals surface area contributed by atoms with Gasteiger partial charge in [0.1, 0.15) is 5.54 Å². The van der Waals surface area contributed by atoms with Crippen LogP contribution in [-0.2, 0) is 9.53 Å². The van der Waals surface area contributed by atoms with Crippen molar-refractivity contribution in [3.8, 4) is 11.4 Å². The number of nitrogens with two attached hydrogens (primary N) is 1. The number of aromatic nitrogens is 2. The van der Waals surface area contributed by atoms with Gasteiger partial charge in [-0.05, 0) is 12.8 Å². The molecule has 2 heterocycles. The maximum atomic E-state index is 12.3. The summed E-state index contributed by atoms with van der Waals surface area (Å²) in [5, 5.41) is 2.79. The third kappa shape index (κ3) is 3.13. The highest BCUT2D eigenvalue weighted by atomic mass is 16.5. The molecule has 3 rings (SSSR count). The highest BCUT2D eigenvalue weighted by Gasteiger charge is 2.35. The standard InChI is InChI=1S/C16H18N4O2/c17-16(6-8-22-9-7-16)15(21)20-13-10-18-14(19-11-13)12-4-2-1-3-5-12/h1-5,10-11H,6-9,17H2,(H,20,21). The summed E-state index contributed by atoms with van der Waals surface area (Å²) in [5.41, 5.74) is 6.73. The third-order valence-corrected chi connectivity index (χ3v) is 3.78. The Labute approximate surface area is 128 Å². The van der Waals surface area contributed by atoms with Gasteiger partial charge < -0.3 is 15.8 Å². The van der Waals surface area contributed by atoms with Crippen LogP contribution in [0.2, 0.25) is 0 Å². The molecule has 1 aromatic carbocycles. The summed E-state index contributed by atoms with van der Waals surface area (Å²) in [6, 6.07) is 9.66. The van der Waals surface area contributed by atoms with E-state index in [-0.39, 0.29) is 5.91 Å². The van der Waals surface area contributed by atoms with E-state index < -0.39 is 5.54 Å². The van der Waals surface area contributed by atoms with Gasteiger partial charge in [0.05, 0.1) is 18.1 Å². The molecule has 0 spiro atoms. The molecule has 6 heteroatoms. The molecule has 3 N–H and O–H groups in total. The van der Waals surface area contributed by atoms with Crippen LogP contribution >= 0.6 is 0 Å². The van der Waals surface area contributed by atoms with Crippen LogP contribution in [-0.4, -0.2) is 34.6 Å². The smallest absolute Gasteiger partial charge is 0.244 e. The van der Waals surface area contributed by atoms with Gasteiger partial charge in [-0.15, -0.1) is 0 Å². The molecular formula is C16H18N4O2. The number of nitrogens with one attached hydrogen (secondary N) is 1. The second-order valence-corrected chi connectivity index (χ2v) is 5.38. The number of ether oxygens (including phenoxy) is 1. The van der Waals surface area contributed by atoms with Gasteiger partial charge in [0.2, 0.25) is 5.91 Å². The second-order valence-electron chi connectivity index (χ2n) is 5.38. The molecule has 1 fully saturated rings. The molecule has 114 valence electrons. The van der Waals surface area contributed by atoms with Crippen molar-refractivity contribution in [3.05, 3.63) is 42.7 Å². The van der Waals surface area contributed by atoms with Gasteiger partial charge in [-0.25, -0.2) is 9.97 Å². The Hall–Kier alpha value is -2.31. The maximum absolute atomic E-state index is 12.3. The molecule has 0 unspecified atom stereocenters. The van der Waals surface area contributed by atoms with Crippen LogP contribution in [0.15, 0.2) is 42.7 Å². The Bertz CT molecular complexity index is 637. The minimum atomic E-state index is -0.879. The molecular weight excluding hydrogens is 280 g/mol. The molecule has 1 aromatic heterocycles. The van der Waals surface area contributed by atoms with E-state index in [4.69, 9.17) is 10.5 Å². The van der Waals surface area contributed by atoms with Crippen molar-refractivity contribution in [2.75, 3.05) is 18.5 Å². The van der Waals surface area contributed by atoms with Gasteiger partial charge in [0.25, 0.3) is 0 Å². The monoisotopic (exact) mass is 298 g/mol. The van der Waals surface area contributed by atoms with E-state index in [1.54, 1.807) is 12.4 Å². The lowest BCUT2D eigenvalue weighted by molar-refractivity contribution is -0.124. The average Bonchev–Trinajstić information content (AvgIpc) is 2.57. The van der Waals surface area contributed by atoms with Crippen molar-refractivity contribution in [2.45, 2.75) is 18.4 Å². The Kier molecular flexibility index (Phi) is 4.13. The Morgan fingerprint density at radius 2 is 1.77 bits per heavy atom. The maximum Gasteiger partial charge on any atom is 0.244 e. The molecule has 0 bridgehead atoms. The number of nitrogens with zero attached hydrogens (tertiary/aromatic N) is 2. The molecule has 22 heavy (non-hydrogen) atoms. The van der Waals surface area contributed by atoms with Crippen molar-refractivity contribution < 1.29 is 9.53 Å². The second kappa shape index (κ2) is 6.21. The number of rotatable bonds is 3. The fraction of sp³-hybridized carbons (Fsp3) is 0.312.